The molecule has 3 nitrogen and oxygen atoms in total. The quantitative estimate of drug-likeness (QED) is 0.912. The normalized spacial score (nSPS) is 14.6. The van der Waals surface area contributed by atoms with Crippen LogP contribution in [0.3, 0.4) is 0 Å². The molecule has 2 aromatic rings. The van der Waals surface area contributed by atoms with Crippen molar-refractivity contribution >= 4 is 0 Å². The first kappa shape index (κ1) is 14.1. The summed E-state index contributed by atoms with van der Waals surface area (Å²) < 4.78 is 5.90. The van der Waals surface area contributed by atoms with Gasteiger partial charge in [-0.3, -0.25) is 4.98 Å². The van der Waals surface area contributed by atoms with E-state index in [0.717, 1.165) is 31.7 Å². The van der Waals surface area contributed by atoms with Gasteiger partial charge in [0, 0.05) is 24.4 Å². The Bertz CT molecular complexity index is 624. The first-order valence-electron chi connectivity index (χ1n) is 7.69. The van der Waals surface area contributed by atoms with Crippen LogP contribution in [0.15, 0.2) is 36.7 Å². The second-order valence-corrected chi connectivity index (χ2v) is 5.55. The summed E-state index contributed by atoms with van der Waals surface area (Å²) in [6, 6.07) is 8.76. The van der Waals surface area contributed by atoms with Gasteiger partial charge in [-0.1, -0.05) is 25.1 Å². The van der Waals surface area contributed by atoms with Crippen LogP contribution >= 0.6 is 0 Å². The molecule has 1 aromatic heterocycles. The van der Waals surface area contributed by atoms with E-state index in [1.165, 1.54) is 22.3 Å². The number of aromatic nitrogens is 1. The molecular formula is C18H22N2O. The molecule has 110 valence electrons. The summed E-state index contributed by atoms with van der Waals surface area (Å²) in [5.41, 5.74) is 5.05. The fraction of sp³-hybridized carbons (Fsp3) is 0.389. The van der Waals surface area contributed by atoms with Gasteiger partial charge in [-0.15, -0.1) is 0 Å². The minimum atomic E-state index is 0.168. The molecule has 2 heterocycles. The number of para-hydroxylation sites is 1. The Morgan fingerprint density at radius 1 is 1.29 bits per heavy atom. The van der Waals surface area contributed by atoms with Crippen LogP contribution in [0, 0.1) is 6.92 Å². The van der Waals surface area contributed by atoms with Crippen molar-refractivity contribution < 1.29 is 4.74 Å². The number of hydrogen-bond donors (Lipinski definition) is 1. The minimum Gasteiger partial charge on any atom is -0.493 e. The van der Waals surface area contributed by atoms with Crippen molar-refractivity contribution in [2.45, 2.75) is 32.7 Å². The highest BCUT2D eigenvalue weighted by atomic mass is 16.5. The molecule has 0 fully saturated rings. The summed E-state index contributed by atoms with van der Waals surface area (Å²) in [5.74, 6) is 1.07. The van der Waals surface area contributed by atoms with E-state index >= 15 is 0 Å². The molecule has 0 bridgehead atoms. The van der Waals surface area contributed by atoms with Gasteiger partial charge >= 0.3 is 0 Å². The Kier molecular flexibility index (Phi) is 4.20. The summed E-state index contributed by atoms with van der Waals surface area (Å²) in [6.07, 6.45) is 5.92. The lowest BCUT2D eigenvalue weighted by atomic mass is 9.94. The zero-order chi connectivity index (χ0) is 14.7. The Labute approximate surface area is 126 Å². The summed E-state index contributed by atoms with van der Waals surface area (Å²) >= 11 is 0. The van der Waals surface area contributed by atoms with Crippen LogP contribution in [-0.2, 0) is 6.42 Å². The van der Waals surface area contributed by atoms with E-state index in [0.29, 0.717) is 0 Å². The first-order valence-corrected chi connectivity index (χ1v) is 7.69. The average molecular weight is 282 g/mol. The molecule has 0 spiro atoms. The van der Waals surface area contributed by atoms with Crippen molar-refractivity contribution in [1.29, 1.82) is 0 Å². The standard InChI is InChI=1S/C18H22N2O/c1-3-9-20-17(15-7-10-19-12-13(15)2)16-6-4-5-14-8-11-21-18(14)16/h4-7,10,12,17,20H,3,8-9,11H2,1-2H3. The van der Waals surface area contributed by atoms with E-state index in [1.54, 1.807) is 0 Å². The number of aryl methyl sites for hydroxylation is 1. The van der Waals surface area contributed by atoms with Gasteiger partial charge in [-0.05, 0) is 42.6 Å². The lowest BCUT2D eigenvalue weighted by molar-refractivity contribution is 0.350. The van der Waals surface area contributed by atoms with Crippen LogP contribution in [0.25, 0.3) is 0 Å². The van der Waals surface area contributed by atoms with Gasteiger partial charge < -0.3 is 10.1 Å². The Morgan fingerprint density at radius 2 is 2.19 bits per heavy atom. The van der Waals surface area contributed by atoms with Crippen LogP contribution in [0.5, 0.6) is 5.75 Å². The van der Waals surface area contributed by atoms with Crippen LogP contribution < -0.4 is 10.1 Å². The molecule has 0 aliphatic carbocycles. The highest BCUT2D eigenvalue weighted by Crippen LogP contribution is 2.36. The molecule has 1 aromatic carbocycles. The molecule has 3 heteroatoms. The number of hydrogen-bond acceptors (Lipinski definition) is 3. The van der Waals surface area contributed by atoms with Crippen LogP contribution in [-0.4, -0.2) is 18.1 Å². The van der Waals surface area contributed by atoms with E-state index in [1.807, 2.05) is 12.4 Å². The molecule has 3 rings (SSSR count). The van der Waals surface area contributed by atoms with E-state index in [4.69, 9.17) is 4.74 Å². The molecule has 0 amide bonds. The second kappa shape index (κ2) is 6.27. The van der Waals surface area contributed by atoms with Gasteiger partial charge in [0.25, 0.3) is 0 Å². The van der Waals surface area contributed by atoms with Crippen molar-refractivity contribution in [1.82, 2.24) is 10.3 Å². The number of nitrogens with one attached hydrogen (secondary N) is 1. The predicted molar refractivity (Wildman–Crippen MR) is 84.8 cm³/mol. The van der Waals surface area contributed by atoms with Crippen molar-refractivity contribution in [3.63, 3.8) is 0 Å². The number of ether oxygens (including phenoxy) is 1. The van der Waals surface area contributed by atoms with E-state index in [9.17, 15) is 0 Å². The van der Waals surface area contributed by atoms with Gasteiger partial charge in [-0.25, -0.2) is 0 Å². The van der Waals surface area contributed by atoms with Crippen LogP contribution in [0.2, 0.25) is 0 Å². The molecule has 1 atom stereocenters. The highest BCUT2D eigenvalue weighted by molar-refractivity contribution is 5.49. The molecule has 21 heavy (non-hydrogen) atoms. The van der Waals surface area contributed by atoms with Crippen molar-refractivity contribution in [3.8, 4) is 5.75 Å². The second-order valence-electron chi connectivity index (χ2n) is 5.55. The van der Waals surface area contributed by atoms with Crippen LogP contribution in [0.1, 0.15) is 41.6 Å². The number of benzene rings is 1. The molecule has 0 radical (unpaired) electrons. The van der Waals surface area contributed by atoms with Crippen molar-refractivity contribution in [2.24, 2.45) is 0 Å². The lowest BCUT2D eigenvalue weighted by Crippen LogP contribution is -2.24. The number of rotatable bonds is 5. The average Bonchev–Trinajstić information content (AvgIpc) is 2.98. The fourth-order valence-electron chi connectivity index (χ4n) is 2.95. The molecule has 1 N–H and O–H groups in total. The molecule has 1 unspecified atom stereocenters. The zero-order valence-electron chi connectivity index (χ0n) is 12.7. The Hall–Kier alpha value is -1.87. The SMILES string of the molecule is CCCNC(c1ccncc1C)c1cccc2c1OCC2. The third-order valence-electron chi connectivity index (χ3n) is 4.03. The first-order chi connectivity index (χ1) is 10.3. The Balaban J connectivity index is 2.04. The Morgan fingerprint density at radius 3 is 3.00 bits per heavy atom. The van der Waals surface area contributed by atoms with Crippen LogP contribution in [0.4, 0.5) is 0 Å². The minimum absolute atomic E-state index is 0.168. The predicted octanol–water partition coefficient (Wildman–Crippen LogP) is 3.41. The maximum absolute atomic E-state index is 5.90. The van der Waals surface area contributed by atoms with E-state index in [2.05, 4.69) is 48.4 Å². The summed E-state index contributed by atoms with van der Waals surface area (Å²) in [6.45, 7) is 6.08. The molecule has 0 saturated carbocycles. The van der Waals surface area contributed by atoms with Gasteiger partial charge in [0.2, 0.25) is 0 Å². The van der Waals surface area contributed by atoms with Gasteiger partial charge in [0.1, 0.15) is 5.75 Å². The van der Waals surface area contributed by atoms with Gasteiger partial charge in [0.15, 0.2) is 0 Å². The third kappa shape index (κ3) is 2.79. The van der Waals surface area contributed by atoms with Crippen molar-refractivity contribution in [2.75, 3.05) is 13.2 Å². The monoisotopic (exact) mass is 282 g/mol. The molecule has 0 saturated heterocycles. The van der Waals surface area contributed by atoms with Gasteiger partial charge in [0.05, 0.1) is 12.6 Å². The number of fused-ring (bicyclic) bond motifs is 1. The molecule has 1 aliphatic heterocycles. The topological polar surface area (TPSA) is 34.2 Å². The van der Waals surface area contributed by atoms with Gasteiger partial charge in [-0.2, -0.15) is 0 Å². The number of pyridine rings is 1. The fourth-order valence-corrected chi connectivity index (χ4v) is 2.95. The van der Waals surface area contributed by atoms with Crippen molar-refractivity contribution in [3.05, 3.63) is 58.9 Å². The van der Waals surface area contributed by atoms with E-state index < -0.39 is 0 Å². The lowest BCUT2D eigenvalue weighted by Gasteiger charge is -2.23. The maximum Gasteiger partial charge on any atom is 0.127 e. The zero-order valence-corrected chi connectivity index (χ0v) is 12.7. The molecule has 1 aliphatic rings. The summed E-state index contributed by atoms with van der Waals surface area (Å²) in [5, 5.41) is 3.66. The van der Waals surface area contributed by atoms with E-state index in [-0.39, 0.29) is 6.04 Å². The number of nitrogens with zero attached hydrogens (tertiary/aromatic N) is 1. The summed E-state index contributed by atoms with van der Waals surface area (Å²) in [7, 11) is 0. The summed E-state index contributed by atoms with van der Waals surface area (Å²) in [4.78, 5) is 4.21. The molecular weight excluding hydrogens is 260 g/mol. The third-order valence-corrected chi connectivity index (χ3v) is 4.03. The highest BCUT2D eigenvalue weighted by Gasteiger charge is 2.23. The smallest absolute Gasteiger partial charge is 0.127 e. The maximum atomic E-state index is 5.90. The largest absolute Gasteiger partial charge is 0.493 e.